The van der Waals surface area contributed by atoms with Crippen LogP contribution in [-0.4, -0.2) is 16.2 Å². The van der Waals surface area contributed by atoms with E-state index in [0.717, 1.165) is 12.1 Å². The highest BCUT2D eigenvalue weighted by Crippen LogP contribution is 2.20. The smallest absolute Gasteiger partial charge is 0.247 e. The molecule has 0 bridgehead atoms. The maximum absolute atomic E-state index is 5.22. The van der Waals surface area contributed by atoms with Crippen LogP contribution in [0.5, 0.6) is 0 Å². The van der Waals surface area contributed by atoms with Crippen LogP contribution in [0.4, 0.5) is 0 Å². The summed E-state index contributed by atoms with van der Waals surface area (Å²) in [4.78, 5) is 0. The lowest BCUT2D eigenvalue weighted by molar-refractivity contribution is 0.563. The van der Waals surface area contributed by atoms with Gasteiger partial charge in [0.15, 0.2) is 0 Å². The normalized spacial score (nSPS) is 10.9. The fraction of sp³-hybridized carbons (Fsp3) is 0.333. The molecule has 0 radical (unpaired) electrons. The third-order valence-electron chi connectivity index (χ3n) is 2.31. The van der Waals surface area contributed by atoms with Gasteiger partial charge in [0, 0.05) is 18.2 Å². The Balaban J connectivity index is 2.24. The molecule has 0 amide bonds. The first-order valence-corrected chi connectivity index (χ1v) is 5.35. The van der Waals surface area contributed by atoms with Crippen LogP contribution in [0.15, 0.2) is 35.1 Å². The molecule has 4 nitrogen and oxygen atoms in total. The standard InChI is InChI=1S/C12H15N3O/c1-9(2)13-7-10-5-3-4-6-11(10)12-15-14-8-16-12/h3-6,8-9,13H,7H2,1-2H3. The van der Waals surface area contributed by atoms with Crippen molar-refractivity contribution < 1.29 is 4.42 Å². The van der Waals surface area contributed by atoms with Gasteiger partial charge in [-0.25, -0.2) is 0 Å². The monoisotopic (exact) mass is 217 g/mol. The molecule has 1 aromatic heterocycles. The van der Waals surface area contributed by atoms with Gasteiger partial charge in [0.2, 0.25) is 12.3 Å². The largest absolute Gasteiger partial charge is 0.423 e. The highest BCUT2D eigenvalue weighted by atomic mass is 16.4. The van der Waals surface area contributed by atoms with Crippen molar-refractivity contribution in [3.8, 4) is 11.5 Å². The van der Waals surface area contributed by atoms with E-state index in [1.807, 2.05) is 18.2 Å². The molecule has 0 spiro atoms. The average Bonchev–Trinajstić information content (AvgIpc) is 2.80. The Kier molecular flexibility index (Phi) is 3.31. The Bertz CT molecular complexity index is 437. The molecule has 0 unspecified atom stereocenters. The molecule has 2 rings (SSSR count). The van der Waals surface area contributed by atoms with Crippen molar-refractivity contribution >= 4 is 0 Å². The second-order valence-corrected chi connectivity index (χ2v) is 3.94. The van der Waals surface area contributed by atoms with Crippen LogP contribution in [0.2, 0.25) is 0 Å². The molecule has 16 heavy (non-hydrogen) atoms. The van der Waals surface area contributed by atoms with Gasteiger partial charge in [-0.3, -0.25) is 0 Å². The molecular weight excluding hydrogens is 202 g/mol. The molecule has 0 saturated heterocycles. The number of hydrogen-bond acceptors (Lipinski definition) is 4. The minimum atomic E-state index is 0.454. The lowest BCUT2D eigenvalue weighted by Crippen LogP contribution is -2.22. The van der Waals surface area contributed by atoms with Crippen molar-refractivity contribution in [2.24, 2.45) is 0 Å². The molecule has 0 aliphatic heterocycles. The summed E-state index contributed by atoms with van der Waals surface area (Å²) in [5.74, 6) is 0.571. The van der Waals surface area contributed by atoms with Gasteiger partial charge in [0.25, 0.3) is 0 Å². The van der Waals surface area contributed by atoms with Crippen molar-refractivity contribution in [2.45, 2.75) is 26.4 Å². The van der Waals surface area contributed by atoms with Gasteiger partial charge < -0.3 is 9.73 Å². The van der Waals surface area contributed by atoms with E-state index in [1.54, 1.807) is 0 Å². The summed E-state index contributed by atoms with van der Waals surface area (Å²) in [6.07, 6.45) is 1.35. The highest BCUT2D eigenvalue weighted by molar-refractivity contribution is 5.57. The van der Waals surface area contributed by atoms with Crippen LogP contribution in [-0.2, 0) is 6.54 Å². The number of benzene rings is 1. The summed E-state index contributed by atoms with van der Waals surface area (Å²) < 4.78 is 5.22. The summed E-state index contributed by atoms with van der Waals surface area (Å²) >= 11 is 0. The van der Waals surface area contributed by atoms with E-state index in [9.17, 15) is 0 Å². The predicted molar refractivity (Wildman–Crippen MR) is 61.7 cm³/mol. The van der Waals surface area contributed by atoms with Crippen LogP contribution in [0.3, 0.4) is 0 Å². The SMILES string of the molecule is CC(C)NCc1ccccc1-c1nnco1. The van der Waals surface area contributed by atoms with Crippen LogP contribution in [0.25, 0.3) is 11.5 Å². The van der Waals surface area contributed by atoms with Crippen molar-refractivity contribution in [2.75, 3.05) is 0 Å². The Morgan fingerprint density at radius 2 is 2.12 bits per heavy atom. The van der Waals surface area contributed by atoms with Crippen molar-refractivity contribution in [1.82, 2.24) is 15.5 Å². The van der Waals surface area contributed by atoms with E-state index in [0.29, 0.717) is 11.9 Å². The van der Waals surface area contributed by atoms with Gasteiger partial charge in [0.05, 0.1) is 0 Å². The number of hydrogen-bond donors (Lipinski definition) is 1. The number of aromatic nitrogens is 2. The molecule has 1 N–H and O–H groups in total. The van der Waals surface area contributed by atoms with Crippen LogP contribution in [0, 0.1) is 0 Å². The lowest BCUT2D eigenvalue weighted by Gasteiger charge is -2.10. The van der Waals surface area contributed by atoms with Gasteiger partial charge >= 0.3 is 0 Å². The zero-order chi connectivity index (χ0) is 11.4. The molecule has 0 aliphatic rings. The second-order valence-electron chi connectivity index (χ2n) is 3.94. The number of rotatable bonds is 4. The molecule has 0 saturated carbocycles. The molecule has 1 heterocycles. The molecule has 0 atom stereocenters. The van der Waals surface area contributed by atoms with Crippen molar-refractivity contribution in [1.29, 1.82) is 0 Å². The minimum absolute atomic E-state index is 0.454. The van der Waals surface area contributed by atoms with Crippen LogP contribution in [0.1, 0.15) is 19.4 Å². The Hall–Kier alpha value is -1.68. The Morgan fingerprint density at radius 1 is 1.31 bits per heavy atom. The Labute approximate surface area is 94.7 Å². The maximum atomic E-state index is 5.22. The van der Waals surface area contributed by atoms with E-state index < -0.39 is 0 Å². The maximum Gasteiger partial charge on any atom is 0.247 e. The summed E-state index contributed by atoms with van der Waals surface area (Å²) in [7, 11) is 0. The van der Waals surface area contributed by atoms with Gasteiger partial charge in [-0.05, 0) is 11.6 Å². The molecule has 1 aromatic carbocycles. The summed E-state index contributed by atoms with van der Waals surface area (Å²) in [6, 6.07) is 8.49. The number of nitrogens with zero attached hydrogens (tertiary/aromatic N) is 2. The quantitative estimate of drug-likeness (QED) is 0.853. The van der Waals surface area contributed by atoms with E-state index in [-0.39, 0.29) is 0 Å². The summed E-state index contributed by atoms with van der Waals surface area (Å²) in [5, 5.41) is 11.0. The molecule has 0 aliphatic carbocycles. The first-order chi connectivity index (χ1) is 7.77. The topological polar surface area (TPSA) is 51.0 Å². The zero-order valence-corrected chi connectivity index (χ0v) is 9.47. The summed E-state index contributed by atoms with van der Waals surface area (Å²) in [6.45, 7) is 5.04. The highest BCUT2D eigenvalue weighted by Gasteiger charge is 2.08. The second kappa shape index (κ2) is 4.90. The van der Waals surface area contributed by atoms with Gasteiger partial charge in [-0.1, -0.05) is 32.0 Å². The first-order valence-electron chi connectivity index (χ1n) is 5.35. The van der Waals surface area contributed by atoms with E-state index in [2.05, 4.69) is 35.4 Å². The zero-order valence-electron chi connectivity index (χ0n) is 9.47. The summed E-state index contributed by atoms with van der Waals surface area (Å²) in [5.41, 5.74) is 2.16. The van der Waals surface area contributed by atoms with Gasteiger partial charge in [0.1, 0.15) is 0 Å². The number of nitrogens with one attached hydrogen (secondary N) is 1. The fourth-order valence-corrected chi connectivity index (χ4v) is 1.49. The van der Waals surface area contributed by atoms with Crippen molar-refractivity contribution in [3.05, 3.63) is 36.2 Å². The third kappa shape index (κ3) is 2.46. The first kappa shape index (κ1) is 10.8. The predicted octanol–water partition coefficient (Wildman–Crippen LogP) is 2.23. The molecule has 0 fully saturated rings. The van der Waals surface area contributed by atoms with E-state index in [1.165, 1.54) is 12.0 Å². The molecule has 4 heteroatoms. The molecule has 2 aromatic rings. The van der Waals surface area contributed by atoms with Crippen LogP contribution >= 0.6 is 0 Å². The average molecular weight is 217 g/mol. The Morgan fingerprint density at radius 3 is 2.81 bits per heavy atom. The van der Waals surface area contributed by atoms with Gasteiger partial charge in [-0.2, -0.15) is 0 Å². The van der Waals surface area contributed by atoms with Crippen LogP contribution < -0.4 is 5.32 Å². The third-order valence-corrected chi connectivity index (χ3v) is 2.31. The lowest BCUT2D eigenvalue weighted by atomic mass is 10.1. The fourth-order valence-electron chi connectivity index (χ4n) is 1.49. The van der Waals surface area contributed by atoms with Gasteiger partial charge in [-0.15, -0.1) is 10.2 Å². The van der Waals surface area contributed by atoms with E-state index in [4.69, 9.17) is 4.42 Å². The minimum Gasteiger partial charge on any atom is -0.423 e. The van der Waals surface area contributed by atoms with E-state index >= 15 is 0 Å². The van der Waals surface area contributed by atoms with Crippen molar-refractivity contribution in [3.63, 3.8) is 0 Å². The molecular formula is C12H15N3O. The molecule has 84 valence electrons.